The van der Waals surface area contributed by atoms with Crippen LogP contribution in [0, 0.1) is 0 Å². The first kappa shape index (κ1) is 24.2. The molecule has 1 unspecified atom stereocenters. The Labute approximate surface area is 184 Å². The summed E-state index contributed by atoms with van der Waals surface area (Å²) in [5.41, 5.74) is 1.98. The van der Waals surface area contributed by atoms with Crippen LogP contribution >= 0.6 is 11.6 Å². The minimum Gasteiger partial charge on any atom is -0.479 e. The number of rotatable bonds is 13. The number of carbonyl (C=O) groups excluding carboxylic acids is 1. The number of hydrogen-bond acceptors (Lipinski definition) is 5. The van der Waals surface area contributed by atoms with Gasteiger partial charge < -0.3 is 18.8 Å². The molecule has 0 aliphatic heterocycles. The number of hydrogen-bond donors (Lipinski definition) is 0. The number of unbranched alkanes of at least 4 members (excludes halogenated alkanes) is 2. The van der Waals surface area contributed by atoms with E-state index >= 15 is 0 Å². The first-order chi connectivity index (χ1) is 14.5. The SMILES string of the molecule is CCCCc1nc(Cl)c(COC)n1Cc1ccc(OC(CCCC)C(=O)OC)cc1. The van der Waals surface area contributed by atoms with Crippen molar-refractivity contribution < 1.29 is 19.0 Å². The zero-order valence-electron chi connectivity index (χ0n) is 18.4. The van der Waals surface area contributed by atoms with Crippen LogP contribution in [0.2, 0.25) is 5.15 Å². The first-order valence-electron chi connectivity index (χ1n) is 10.6. The Balaban J connectivity index is 2.16. The van der Waals surface area contributed by atoms with Crippen LogP contribution in [0.1, 0.15) is 63.0 Å². The average Bonchev–Trinajstić information content (AvgIpc) is 3.04. The minimum absolute atomic E-state index is 0.342. The van der Waals surface area contributed by atoms with Crippen molar-refractivity contribution in [3.63, 3.8) is 0 Å². The number of aryl methyl sites for hydroxylation is 1. The van der Waals surface area contributed by atoms with Crippen molar-refractivity contribution in [3.05, 3.63) is 46.5 Å². The fourth-order valence-corrected chi connectivity index (χ4v) is 3.51. The van der Waals surface area contributed by atoms with Gasteiger partial charge in [0.1, 0.15) is 11.6 Å². The molecule has 0 N–H and O–H groups in total. The summed E-state index contributed by atoms with van der Waals surface area (Å²) in [4.78, 5) is 16.5. The Morgan fingerprint density at radius 3 is 2.43 bits per heavy atom. The van der Waals surface area contributed by atoms with E-state index in [-0.39, 0.29) is 5.97 Å². The molecule has 2 aromatic rings. The Hall–Kier alpha value is -2.05. The fraction of sp³-hybridized carbons (Fsp3) is 0.565. The molecule has 0 saturated heterocycles. The highest BCUT2D eigenvalue weighted by molar-refractivity contribution is 6.30. The second kappa shape index (κ2) is 12.6. The summed E-state index contributed by atoms with van der Waals surface area (Å²) in [7, 11) is 3.04. The Morgan fingerprint density at radius 1 is 1.13 bits per heavy atom. The van der Waals surface area contributed by atoms with Crippen LogP contribution in [0.4, 0.5) is 0 Å². The standard InChI is InChI=1S/C23H33ClN2O4/c1-5-7-9-20(23(27)29-4)30-18-13-11-17(12-14-18)15-26-19(16-28-3)22(24)25-21(26)10-8-6-2/h11-14,20H,5-10,15-16H2,1-4H3. The van der Waals surface area contributed by atoms with Crippen molar-refractivity contribution >= 4 is 17.6 Å². The molecule has 6 nitrogen and oxygen atoms in total. The third-order valence-corrected chi connectivity index (χ3v) is 5.27. The molecule has 166 valence electrons. The van der Waals surface area contributed by atoms with Gasteiger partial charge in [-0.25, -0.2) is 9.78 Å². The van der Waals surface area contributed by atoms with Gasteiger partial charge in [0.05, 0.1) is 19.4 Å². The number of nitrogens with zero attached hydrogens (tertiary/aromatic N) is 2. The Kier molecular flexibility index (Phi) is 10.2. The maximum absolute atomic E-state index is 12.0. The summed E-state index contributed by atoms with van der Waals surface area (Å²) in [5.74, 6) is 1.28. The van der Waals surface area contributed by atoms with Crippen molar-refractivity contribution in [2.75, 3.05) is 14.2 Å². The highest BCUT2D eigenvalue weighted by Crippen LogP contribution is 2.23. The van der Waals surface area contributed by atoms with E-state index < -0.39 is 6.10 Å². The maximum Gasteiger partial charge on any atom is 0.347 e. The second-order valence-corrected chi connectivity index (χ2v) is 7.66. The molecule has 0 bridgehead atoms. The van der Waals surface area contributed by atoms with Crippen molar-refractivity contribution in [2.45, 2.75) is 71.6 Å². The van der Waals surface area contributed by atoms with Gasteiger partial charge >= 0.3 is 5.97 Å². The molecule has 0 radical (unpaired) electrons. The summed E-state index contributed by atoms with van der Waals surface area (Å²) in [6, 6.07) is 7.77. The highest BCUT2D eigenvalue weighted by atomic mass is 35.5. The van der Waals surface area contributed by atoms with Crippen LogP contribution in [-0.2, 0) is 33.8 Å². The molecule has 0 amide bonds. The molecular formula is C23H33ClN2O4. The first-order valence-corrected chi connectivity index (χ1v) is 11.0. The molecule has 2 rings (SSSR count). The van der Waals surface area contributed by atoms with E-state index in [0.29, 0.717) is 30.5 Å². The van der Waals surface area contributed by atoms with Gasteiger partial charge in [-0.15, -0.1) is 0 Å². The zero-order chi connectivity index (χ0) is 21.9. The quantitative estimate of drug-likeness (QED) is 0.404. The molecule has 0 aliphatic rings. The molecular weight excluding hydrogens is 404 g/mol. The van der Waals surface area contributed by atoms with Crippen molar-refractivity contribution in [3.8, 4) is 5.75 Å². The Morgan fingerprint density at radius 2 is 1.83 bits per heavy atom. The van der Waals surface area contributed by atoms with Crippen LogP contribution in [0.25, 0.3) is 0 Å². The highest BCUT2D eigenvalue weighted by Gasteiger charge is 2.21. The molecule has 0 saturated carbocycles. The van der Waals surface area contributed by atoms with Gasteiger partial charge in [0.15, 0.2) is 11.3 Å². The van der Waals surface area contributed by atoms with Gasteiger partial charge in [0.25, 0.3) is 0 Å². The molecule has 0 aliphatic carbocycles. The van der Waals surface area contributed by atoms with Gasteiger partial charge in [-0.1, -0.05) is 50.4 Å². The van der Waals surface area contributed by atoms with E-state index in [2.05, 4.69) is 23.4 Å². The lowest BCUT2D eigenvalue weighted by molar-refractivity contribution is -0.149. The smallest absolute Gasteiger partial charge is 0.347 e. The monoisotopic (exact) mass is 436 g/mol. The van der Waals surface area contributed by atoms with Crippen LogP contribution in [-0.4, -0.2) is 35.8 Å². The number of carbonyl (C=O) groups is 1. The van der Waals surface area contributed by atoms with E-state index in [1.807, 2.05) is 24.3 Å². The van der Waals surface area contributed by atoms with Crippen LogP contribution < -0.4 is 4.74 Å². The van der Waals surface area contributed by atoms with Crippen LogP contribution in [0.5, 0.6) is 5.75 Å². The zero-order valence-corrected chi connectivity index (χ0v) is 19.2. The molecule has 1 heterocycles. The number of aromatic nitrogens is 2. The number of halogens is 1. The summed E-state index contributed by atoms with van der Waals surface area (Å²) in [5, 5.41) is 0.500. The summed E-state index contributed by atoms with van der Waals surface area (Å²) in [6.07, 6.45) is 4.98. The van der Waals surface area contributed by atoms with Crippen LogP contribution in [0.3, 0.4) is 0 Å². The number of ether oxygens (including phenoxy) is 3. The number of benzene rings is 1. The molecule has 1 aromatic heterocycles. The predicted octanol–water partition coefficient (Wildman–Crippen LogP) is 5.18. The normalized spacial score (nSPS) is 12.0. The van der Waals surface area contributed by atoms with Gasteiger partial charge in [-0.05, 0) is 37.0 Å². The maximum atomic E-state index is 12.0. The van der Waals surface area contributed by atoms with Crippen molar-refractivity contribution in [2.24, 2.45) is 0 Å². The molecule has 0 spiro atoms. The molecule has 0 fully saturated rings. The van der Waals surface area contributed by atoms with E-state index in [0.717, 1.165) is 49.2 Å². The molecule has 7 heteroatoms. The van der Waals surface area contributed by atoms with Crippen molar-refractivity contribution in [1.82, 2.24) is 9.55 Å². The lowest BCUT2D eigenvalue weighted by atomic mass is 10.1. The van der Waals surface area contributed by atoms with E-state index in [1.54, 1.807) is 7.11 Å². The molecule has 1 aromatic carbocycles. The van der Waals surface area contributed by atoms with Gasteiger partial charge in [-0.3, -0.25) is 0 Å². The van der Waals surface area contributed by atoms with E-state index in [1.165, 1.54) is 7.11 Å². The van der Waals surface area contributed by atoms with Gasteiger partial charge in [0, 0.05) is 20.1 Å². The fourth-order valence-electron chi connectivity index (χ4n) is 3.26. The molecule has 1 atom stereocenters. The topological polar surface area (TPSA) is 62.6 Å². The van der Waals surface area contributed by atoms with E-state index in [9.17, 15) is 4.79 Å². The van der Waals surface area contributed by atoms with Gasteiger partial charge in [0.2, 0.25) is 0 Å². The average molecular weight is 437 g/mol. The summed E-state index contributed by atoms with van der Waals surface area (Å²) in [6.45, 7) is 5.30. The summed E-state index contributed by atoms with van der Waals surface area (Å²) >= 11 is 6.37. The minimum atomic E-state index is -0.581. The lowest BCUT2D eigenvalue weighted by Crippen LogP contribution is -2.28. The largest absolute Gasteiger partial charge is 0.479 e. The van der Waals surface area contributed by atoms with Crippen LogP contribution in [0.15, 0.2) is 24.3 Å². The Bertz CT molecular complexity index is 789. The predicted molar refractivity (Wildman–Crippen MR) is 118 cm³/mol. The lowest BCUT2D eigenvalue weighted by Gasteiger charge is -2.17. The number of methoxy groups -OCH3 is 2. The number of imidazole rings is 1. The molecule has 30 heavy (non-hydrogen) atoms. The number of esters is 1. The van der Waals surface area contributed by atoms with Gasteiger partial charge in [-0.2, -0.15) is 0 Å². The van der Waals surface area contributed by atoms with Crippen molar-refractivity contribution in [1.29, 1.82) is 0 Å². The second-order valence-electron chi connectivity index (χ2n) is 7.30. The third kappa shape index (κ3) is 6.74. The van der Waals surface area contributed by atoms with E-state index in [4.69, 9.17) is 25.8 Å². The third-order valence-electron chi connectivity index (χ3n) is 4.96. The summed E-state index contributed by atoms with van der Waals surface area (Å²) < 4.78 is 18.2.